The highest BCUT2D eigenvalue weighted by molar-refractivity contribution is 6.09. The minimum absolute atomic E-state index is 0. The van der Waals surface area contributed by atoms with Crippen molar-refractivity contribution in [3.63, 3.8) is 0 Å². The molecular formula is C69H77N7O10. The number of amides is 1. The first-order valence-corrected chi connectivity index (χ1v) is 27.4. The second-order valence-corrected chi connectivity index (χ2v) is 20.9. The normalized spacial score (nSPS) is 13.3. The molecule has 0 saturated heterocycles. The minimum atomic E-state index is -0.841. The third-order valence-corrected chi connectivity index (χ3v) is 14.5. The molecule has 0 fully saturated rings. The second kappa shape index (κ2) is 30.0. The second-order valence-electron chi connectivity index (χ2n) is 20.9. The van der Waals surface area contributed by atoms with Gasteiger partial charge in [0.05, 0.1) is 53.4 Å². The fourth-order valence-electron chi connectivity index (χ4n) is 9.90. The van der Waals surface area contributed by atoms with Crippen molar-refractivity contribution >= 4 is 81.6 Å². The molecule has 10 rings (SSSR count). The number of fused-ring (bicyclic) bond motifs is 3. The van der Waals surface area contributed by atoms with Gasteiger partial charge in [0.1, 0.15) is 40.5 Å². The van der Waals surface area contributed by atoms with Crippen LogP contribution in [-0.2, 0) is 27.3 Å². The Hall–Kier alpha value is -10.0. The number of aldehydes is 1. The Labute approximate surface area is 504 Å². The summed E-state index contributed by atoms with van der Waals surface area (Å²) in [5.74, 6) is 3.96. The zero-order valence-corrected chi connectivity index (χ0v) is 50.2. The van der Waals surface area contributed by atoms with Crippen molar-refractivity contribution in [1.82, 2.24) is 20.3 Å². The third kappa shape index (κ3) is 16.4. The molecule has 0 radical (unpaired) electrons. The maximum atomic E-state index is 12.7. The first-order chi connectivity index (χ1) is 40.7. The van der Waals surface area contributed by atoms with Gasteiger partial charge in [-0.05, 0) is 208 Å². The molecule has 86 heavy (non-hydrogen) atoms. The number of nitrogens with zero attached hydrogens (tertiary/aromatic N) is 6. The molecule has 3 N–H and O–H groups in total. The SMILES string of the molecule is C.CN(C)c1ccc(C=O)cn1.COc1ccc2c(c1)C(CC(=O)NCc1ccco1)=C(C)/C2=C/c1ccc(N(C)C)nc1.COc1ccc2c(c1)C(CC(=O)O)=C(C)/C2=C/c1ccc(N(C)C)nc1.COc1ccc2c(c1)C(CC(=O)O)=C(C)C2. The molecule has 17 nitrogen and oxygen atoms in total. The molecule has 0 atom stereocenters. The average molecular weight is 1160 g/mol. The zero-order valence-electron chi connectivity index (χ0n) is 50.2. The van der Waals surface area contributed by atoms with Crippen molar-refractivity contribution in [1.29, 1.82) is 0 Å². The van der Waals surface area contributed by atoms with Crippen molar-refractivity contribution < 1.29 is 48.0 Å². The lowest BCUT2D eigenvalue weighted by atomic mass is 10.0. The highest BCUT2D eigenvalue weighted by atomic mass is 16.5. The molecule has 7 aromatic rings. The van der Waals surface area contributed by atoms with Crippen LogP contribution in [0, 0.1) is 0 Å². The molecule has 1 amide bonds. The van der Waals surface area contributed by atoms with Crippen LogP contribution >= 0.6 is 0 Å². The number of aliphatic carboxylic acids is 2. The molecular weight excluding hydrogens is 1090 g/mol. The number of rotatable bonds is 17. The lowest BCUT2D eigenvalue weighted by Gasteiger charge is -2.11. The lowest BCUT2D eigenvalue weighted by Crippen LogP contribution is -2.22. The van der Waals surface area contributed by atoms with Crippen LogP contribution in [0.3, 0.4) is 0 Å². The van der Waals surface area contributed by atoms with Crippen LogP contribution in [0.2, 0.25) is 0 Å². The Morgan fingerprint density at radius 1 is 0.558 bits per heavy atom. The van der Waals surface area contributed by atoms with Gasteiger partial charge in [-0.1, -0.05) is 31.2 Å². The fraction of sp³-hybridized carbons (Fsp3) is 0.261. The maximum Gasteiger partial charge on any atom is 0.307 e. The molecule has 17 heteroatoms. The van der Waals surface area contributed by atoms with Gasteiger partial charge < -0.3 is 48.9 Å². The first kappa shape index (κ1) is 65.1. The number of pyridine rings is 3. The Bertz CT molecular complexity index is 3710. The number of carboxylic acids is 2. The summed E-state index contributed by atoms with van der Waals surface area (Å²) < 4.78 is 21.2. The van der Waals surface area contributed by atoms with E-state index < -0.39 is 11.9 Å². The Balaban J connectivity index is 0.000000196. The van der Waals surface area contributed by atoms with Crippen LogP contribution in [0.4, 0.5) is 17.5 Å². The first-order valence-electron chi connectivity index (χ1n) is 27.4. The van der Waals surface area contributed by atoms with Crippen molar-refractivity contribution in [2.24, 2.45) is 0 Å². The lowest BCUT2D eigenvalue weighted by molar-refractivity contribution is -0.136. The van der Waals surface area contributed by atoms with Crippen LogP contribution in [0.25, 0.3) is 40.0 Å². The van der Waals surface area contributed by atoms with Gasteiger partial charge in [0, 0.05) is 66.4 Å². The molecule has 0 saturated carbocycles. The number of allylic oxidation sites excluding steroid dienone is 5. The van der Waals surface area contributed by atoms with E-state index in [2.05, 4.69) is 51.5 Å². The summed E-state index contributed by atoms with van der Waals surface area (Å²) in [6, 6.07) is 32.9. The quantitative estimate of drug-likeness (QED) is 0.0724. The zero-order chi connectivity index (χ0) is 61.5. The number of nitrogens with one attached hydrogen (secondary N) is 1. The van der Waals surface area contributed by atoms with Gasteiger partial charge in [-0.2, -0.15) is 0 Å². The third-order valence-electron chi connectivity index (χ3n) is 14.5. The Morgan fingerprint density at radius 3 is 1.38 bits per heavy atom. The molecule has 0 unspecified atom stereocenters. The Morgan fingerprint density at radius 2 is 0.988 bits per heavy atom. The highest BCUT2D eigenvalue weighted by Crippen LogP contribution is 2.46. The number of carbonyl (C=O) groups excluding carboxylic acids is 2. The van der Waals surface area contributed by atoms with Gasteiger partial charge in [-0.15, -0.1) is 0 Å². The molecule has 0 spiro atoms. The van der Waals surface area contributed by atoms with Crippen LogP contribution in [-0.4, -0.2) is 113 Å². The molecule has 0 aliphatic heterocycles. The van der Waals surface area contributed by atoms with Crippen LogP contribution in [0.1, 0.15) is 108 Å². The molecule has 3 aliphatic carbocycles. The minimum Gasteiger partial charge on any atom is -0.497 e. The average Bonchev–Trinajstić information content (AvgIpc) is 1.75. The van der Waals surface area contributed by atoms with E-state index in [4.69, 9.17) is 23.7 Å². The van der Waals surface area contributed by atoms with E-state index in [-0.39, 0.29) is 32.6 Å². The van der Waals surface area contributed by atoms with Crippen molar-refractivity contribution in [3.8, 4) is 17.2 Å². The van der Waals surface area contributed by atoms with Crippen LogP contribution in [0.5, 0.6) is 17.2 Å². The van der Waals surface area contributed by atoms with Crippen molar-refractivity contribution in [3.05, 3.63) is 201 Å². The maximum absolute atomic E-state index is 12.7. The summed E-state index contributed by atoms with van der Waals surface area (Å²) in [4.78, 5) is 63.9. The van der Waals surface area contributed by atoms with Gasteiger partial charge >= 0.3 is 11.9 Å². The predicted octanol–water partition coefficient (Wildman–Crippen LogP) is 12.8. The van der Waals surface area contributed by atoms with Gasteiger partial charge in [-0.3, -0.25) is 19.2 Å². The van der Waals surface area contributed by atoms with Crippen LogP contribution < -0.4 is 34.2 Å². The number of carbonyl (C=O) groups is 4. The van der Waals surface area contributed by atoms with Gasteiger partial charge in [-0.25, -0.2) is 15.0 Å². The van der Waals surface area contributed by atoms with E-state index in [0.717, 1.165) is 137 Å². The summed E-state index contributed by atoms with van der Waals surface area (Å²) in [6.07, 6.45) is 13.0. The number of hydrogen-bond donors (Lipinski definition) is 3. The molecule has 3 aliphatic rings. The molecule has 4 heterocycles. The summed E-state index contributed by atoms with van der Waals surface area (Å²) in [7, 11) is 16.5. The largest absolute Gasteiger partial charge is 0.497 e. The van der Waals surface area contributed by atoms with E-state index in [0.29, 0.717) is 12.1 Å². The summed E-state index contributed by atoms with van der Waals surface area (Å²) in [5.41, 5.74) is 17.0. The number of ether oxygens (including phenoxy) is 3. The number of hydrogen-bond acceptors (Lipinski definition) is 14. The molecule has 3 aromatic carbocycles. The van der Waals surface area contributed by atoms with E-state index >= 15 is 0 Å². The summed E-state index contributed by atoms with van der Waals surface area (Å²) in [6.45, 7) is 6.40. The number of benzene rings is 3. The predicted molar refractivity (Wildman–Crippen MR) is 344 cm³/mol. The van der Waals surface area contributed by atoms with E-state index in [1.807, 2.05) is 168 Å². The topological polar surface area (TPSA) is 210 Å². The van der Waals surface area contributed by atoms with Crippen molar-refractivity contribution in [2.75, 3.05) is 78.3 Å². The van der Waals surface area contributed by atoms with Crippen LogP contribution in [0.15, 0.2) is 149 Å². The van der Waals surface area contributed by atoms with Gasteiger partial charge in [0.2, 0.25) is 5.91 Å². The standard InChI is InChI=1S/C26H27N3O3.C21H22N2O3.C13H14O3.C8H10N2O.CH4/c1-17-22(12-18-7-10-25(27-15-18)29(2)3)21-9-8-19(31-4)13-24(21)23(17)14-26(30)28-16-20-6-5-11-32-20;1-13-17(9-14-5-8-20(22-12-14)23(2)3)16-7-6-15(26-4)10-19(16)18(13)11-21(24)25;1-8-5-9-3-4-10(16-2)6-12(9)11(8)7-13(14)15;1-10(2)8-4-3-7(6-11)5-9-8;/h5-13,15H,14,16H2,1-4H3,(H,28,30);5-10,12H,11H2,1-4H3,(H,24,25);3-4,6H,5,7H2,1-2H3,(H,14,15);3-6H,1-2H3;1H4/b22-12-;17-9-;;;. The fourth-order valence-corrected chi connectivity index (χ4v) is 9.90. The number of furan rings is 1. The number of methoxy groups -OCH3 is 3. The number of carboxylic acid groups (broad SMARTS) is 2. The van der Waals surface area contributed by atoms with E-state index in [1.165, 1.54) is 5.56 Å². The summed E-state index contributed by atoms with van der Waals surface area (Å²) in [5, 5.41) is 21.1. The molecule has 448 valence electrons. The number of anilines is 3. The number of aromatic nitrogens is 3. The van der Waals surface area contributed by atoms with Crippen molar-refractivity contribution in [2.45, 2.75) is 60.4 Å². The van der Waals surface area contributed by atoms with Gasteiger partial charge in [0.15, 0.2) is 6.29 Å². The summed E-state index contributed by atoms with van der Waals surface area (Å²) >= 11 is 0. The van der Waals surface area contributed by atoms with E-state index in [9.17, 15) is 24.3 Å². The molecule has 0 bridgehead atoms. The van der Waals surface area contributed by atoms with Gasteiger partial charge in [0.25, 0.3) is 0 Å². The smallest absolute Gasteiger partial charge is 0.307 e. The molecule has 4 aromatic heterocycles. The van der Waals surface area contributed by atoms with E-state index in [1.54, 1.807) is 39.9 Å². The monoisotopic (exact) mass is 1160 g/mol. The Kier molecular flexibility index (Phi) is 22.7. The highest BCUT2D eigenvalue weighted by Gasteiger charge is 2.28.